The quantitative estimate of drug-likeness (QED) is 0.819. The van der Waals surface area contributed by atoms with E-state index in [1.165, 1.54) is 20.5 Å². The minimum atomic E-state index is 0.186. The molecule has 2 rings (SSSR count). The van der Waals surface area contributed by atoms with Gasteiger partial charge in [-0.1, -0.05) is 48.0 Å². The first-order valence-electron chi connectivity index (χ1n) is 6.49. The summed E-state index contributed by atoms with van der Waals surface area (Å²) < 4.78 is 1.19. The fraction of sp³-hybridized carbons (Fsp3) is 0.375. The standard InChI is InChI=1S/C16H20BrNS/c1-12-6-7-13(14(17)9-12)10-18-11-16(2,3)15-5-4-8-19-15/h4-9,18H,10-11H2,1-3H3. The van der Waals surface area contributed by atoms with Crippen LogP contribution in [0.1, 0.15) is 29.9 Å². The molecule has 1 heterocycles. The molecule has 0 saturated heterocycles. The summed E-state index contributed by atoms with van der Waals surface area (Å²) in [6.07, 6.45) is 0. The minimum absolute atomic E-state index is 0.186. The van der Waals surface area contributed by atoms with Gasteiger partial charge in [0.25, 0.3) is 0 Å². The van der Waals surface area contributed by atoms with Crippen LogP contribution in [0.25, 0.3) is 0 Å². The highest BCUT2D eigenvalue weighted by Crippen LogP contribution is 2.27. The molecule has 1 aromatic heterocycles. The molecule has 0 unspecified atom stereocenters. The Hall–Kier alpha value is -0.640. The van der Waals surface area contributed by atoms with E-state index in [0.717, 1.165) is 13.1 Å². The maximum Gasteiger partial charge on any atom is 0.0222 e. The van der Waals surface area contributed by atoms with Gasteiger partial charge in [-0.05, 0) is 35.6 Å². The third kappa shape index (κ3) is 3.91. The molecule has 1 nitrogen and oxygen atoms in total. The van der Waals surface area contributed by atoms with Gasteiger partial charge in [0.2, 0.25) is 0 Å². The first-order chi connectivity index (χ1) is 8.99. The lowest BCUT2D eigenvalue weighted by Gasteiger charge is -2.24. The smallest absolute Gasteiger partial charge is 0.0222 e. The number of nitrogens with one attached hydrogen (secondary N) is 1. The highest BCUT2D eigenvalue weighted by molar-refractivity contribution is 9.10. The molecular weight excluding hydrogens is 318 g/mol. The Kier molecular flexibility index (Phi) is 4.82. The third-order valence-corrected chi connectivity index (χ3v) is 5.25. The van der Waals surface area contributed by atoms with Crippen LogP contribution < -0.4 is 5.32 Å². The molecule has 0 aliphatic rings. The summed E-state index contributed by atoms with van der Waals surface area (Å²) in [5.41, 5.74) is 2.79. The van der Waals surface area contributed by atoms with E-state index in [2.05, 4.69) is 77.7 Å². The van der Waals surface area contributed by atoms with Crippen molar-refractivity contribution in [1.82, 2.24) is 5.32 Å². The fourth-order valence-electron chi connectivity index (χ4n) is 2.06. The Morgan fingerprint density at radius 3 is 2.68 bits per heavy atom. The number of thiophene rings is 1. The number of aryl methyl sites for hydroxylation is 1. The van der Waals surface area contributed by atoms with E-state index < -0.39 is 0 Å². The molecule has 0 amide bonds. The number of rotatable bonds is 5. The zero-order valence-corrected chi connectivity index (χ0v) is 14.1. The lowest BCUT2D eigenvalue weighted by atomic mass is 9.91. The highest BCUT2D eigenvalue weighted by atomic mass is 79.9. The highest BCUT2D eigenvalue weighted by Gasteiger charge is 2.20. The molecular formula is C16H20BrNS. The van der Waals surface area contributed by atoms with Crippen LogP contribution in [0, 0.1) is 6.92 Å². The molecule has 19 heavy (non-hydrogen) atoms. The monoisotopic (exact) mass is 337 g/mol. The Balaban J connectivity index is 1.93. The Bertz CT molecular complexity index is 532. The number of hydrogen-bond acceptors (Lipinski definition) is 2. The molecule has 3 heteroatoms. The van der Waals surface area contributed by atoms with E-state index in [1.54, 1.807) is 0 Å². The summed E-state index contributed by atoms with van der Waals surface area (Å²) in [5.74, 6) is 0. The SMILES string of the molecule is Cc1ccc(CNCC(C)(C)c2cccs2)c(Br)c1. The topological polar surface area (TPSA) is 12.0 Å². The molecule has 2 aromatic rings. The lowest BCUT2D eigenvalue weighted by molar-refractivity contribution is 0.476. The van der Waals surface area contributed by atoms with Crippen molar-refractivity contribution in [1.29, 1.82) is 0 Å². The maximum absolute atomic E-state index is 3.63. The first kappa shape index (κ1) is 14.8. The fourth-order valence-corrected chi connectivity index (χ4v) is 3.54. The van der Waals surface area contributed by atoms with Crippen molar-refractivity contribution in [3.8, 4) is 0 Å². The molecule has 0 spiro atoms. The van der Waals surface area contributed by atoms with E-state index in [0.29, 0.717) is 0 Å². The molecule has 0 aliphatic carbocycles. The Morgan fingerprint density at radius 2 is 2.05 bits per heavy atom. The molecule has 0 fully saturated rings. The van der Waals surface area contributed by atoms with Crippen molar-refractivity contribution in [2.75, 3.05) is 6.54 Å². The van der Waals surface area contributed by atoms with E-state index in [4.69, 9.17) is 0 Å². The van der Waals surface area contributed by atoms with Crippen LogP contribution >= 0.6 is 27.3 Å². The van der Waals surface area contributed by atoms with Crippen LogP contribution in [0.3, 0.4) is 0 Å². The summed E-state index contributed by atoms with van der Waals surface area (Å²) in [5, 5.41) is 5.71. The van der Waals surface area contributed by atoms with Crippen molar-refractivity contribution in [2.45, 2.75) is 32.7 Å². The normalized spacial score (nSPS) is 11.8. The Morgan fingerprint density at radius 1 is 1.26 bits per heavy atom. The minimum Gasteiger partial charge on any atom is -0.312 e. The summed E-state index contributed by atoms with van der Waals surface area (Å²) in [4.78, 5) is 1.43. The number of benzene rings is 1. The van der Waals surface area contributed by atoms with Crippen molar-refractivity contribution < 1.29 is 0 Å². The summed E-state index contributed by atoms with van der Waals surface area (Å²) in [7, 11) is 0. The van der Waals surface area contributed by atoms with Crippen molar-refractivity contribution in [2.24, 2.45) is 0 Å². The van der Waals surface area contributed by atoms with Gasteiger partial charge in [0.05, 0.1) is 0 Å². The average molecular weight is 338 g/mol. The summed E-state index contributed by atoms with van der Waals surface area (Å²) in [6, 6.07) is 10.9. The molecule has 0 atom stereocenters. The second-order valence-electron chi connectivity index (χ2n) is 5.56. The van der Waals surface area contributed by atoms with E-state index in [-0.39, 0.29) is 5.41 Å². The predicted molar refractivity (Wildman–Crippen MR) is 87.9 cm³/mol. The molecule has 0 aliphatic heterocycles. The molecule has 0 bridgehead atoms. The number of halogens is 1. The van der Waals surface area contributed by atoms with Crippen LogP contribution in [0.15, 0.2) is 40.2 Å². The molecule has 1 N–H and O–H groups in total. The van der Waals surface area contributed by atoms with Crippen LogP contribution in [0.2, 0.25) is 0 Å². The van der Waals surface area contributed by atoms with Gasteiger partial charge in [-0.2, -0.15) is 0 Å². The lowest BCUT2D eigenvalue weighted by Crippen LogP contribution is -2.31. The van der Waals surface area contributed by atoms with Crippen LogP contribution in [-0.4, -0.2) is 6.54 Å². The van der Waals surface area contributed by atoms with Crippen molar-refractivity contribution >= 4 is 27.3 Å². The number of hydrogen-bond donors (Lipinski definition) is 1. The second-order valence-corrected chi connectivity index (χ2v) is 7.36. The molecule has 0 radical (unpaired) electrons. The first-order valence-corrected chi connectivity index (χ1v) is 8.16. The van der Waals surface area contributed by atoms with Gasteiger partial charge in [0.1, 0.15) is 0 Å². The van der Waals surface area contributed by atoms with Crippen LogP contribution in [0.5, 0.6) is 0 Å². The zero-order chi connectivity index (χ0) is 13.9. The van der Waals surface area contributed by atoms with Crippen molar-refractivity contribution in [3.63, 3.8) is 0 Å². The Labute approximate surface area is 128 Å². The third-order valence-electron chi connectivity index (χ3n) is 3.28. The molecule has 102 valence electrons. The van der Waals surface area contributed by atoms with Crippen LogP contribution in [0.4, 0.5) is 0 Å². The largest absolute Gasteiger partial charge is 0.312 e. The van der Waals surface area contributed by atoms with Crippen LogP contribution in [-0.2, 0) is 12.0 Å². The van der Waals surface area contributed by atoms with E-state index >= 15 is 0 Å². The van der Waals surface area contributed by atoms with Gasteiger partial charge in [0.15, 0.2) is 0 Å². The van der Waals surface area contributed by atoms with E-state index in [9.17, 15) is 0 Å². The van der Waals surface area contributed by atoms with E-state index in [1.807, 2.05) is 11.3 Å². The molecule has 0 saturated carbocycles. The van der Waals surface area contributed by atoms with Gasteiger partial charge in [0, 0.05) is 27.9 Å². The summed E-state index contributed by atoms with van der Waals surface area (Å²) >= 11 is 5.46. The maximum atomic E-state index is 3.63. The second kappa shape index (κ2) is 6.21. The van der Waals surface area contributed by atoms with Gasteiger partial charge in [-0.25, -0.2) is 0 Å². The van der Waals surface area contributed by atoms with Gasteiger partial charge < -0.3 is 5.32 Å². The summed E-state index contributed by atoms with van der Waals surface area (Å²) in [6.45, 7) is 8.57. The van der Waals surface area contributed by atoms with Gasteiger partial charge in [-0.3, -0.25) is 0 Å². The predicted octanol–water partition coefficient (Wildman–Crippen LogP) is 4.89. The molecule has 1 aromatic carbocycles. The zero-order valence-electron chi connectivity index (χ0n) is 11.7. The van der Waals surface area contributed by atoms with Gasteiger partial charge in [-0.15, -0.1) is 11.3 Å². The van der Waals surface area contributed by atoms with Crippen molar-refractivity contribution in [3.05, 3.63) is 56.2 Å². The average Bonchev–Trinajstić information content (AvgIpc) is 2.86. The van der Waals surface area contributed by atoms with Gasteiger partial charge >= 0.3 is 0 Å².